The highest BCUT2D eigenvalue weighted by Crippen LogP contribution is 2.26. The summed E-state index contributed by atoms with van der Waals surface area (Å²) in [5, 5.41) is 19.1. The molecule has 0 aliphatic carbocycles. The normalized spacial score (nSPS) is 12.2. The summed E-state index contributed by atoms with van der Waals surface area (Å²) in [4.78, 5) is 29.1. The average molecular weight is 220 g/mol. The van der Waals surface area contributed by atoms with Gasteiger partial charge in [0.15, 0.2) is 0 Å². The van der Waals surface area contributed by atoms with Crippen molar-refractivity contribution in [2.45, 2.75) is 20.8 Å². The van der Waals surface area contributed by atoms with Gasteiger partial charge in [0, 0.05) is 6.08 Å². The van der Waals surface area contributed by atoms with Crippen LogP contribution in [-0.2, 0) is 24.4 Å². The third-order valence-electron chi connectivity index (χ3n) is 1.49. The molecule has 7 nitrogen and oxygen atoms in total. The van der Waals surface area contributed by atoms with Crippen LogP contribution in [0, 0.1) is 5.41 Å². The van der Waals surface area contributed by atoms with E-state index in [0.29, 0.717) is 0 Å². The van der Waals surface area contributed by atoms with E-state index in [0.717, 1.165) is 6.08 Å². The van der Waals surface area contributed by atoms with Gasteiger partial charge in [-0.1, -0.05) is 20.8 Å². The highest BCUT2D eigenvalue weighted by Gasteiger charge is 2.27. The Morgan fingerprint density at radius 1 is 1.20 bits per heavy atom. The molecule has 0 atom stereocenters. The molecule has 86 valence electrons. The van der Waals surface area contributed by atoms with Crippen LogP contribution in [0.4, 0.5) is 0 Å². The minimum Gasteiger partial charge on any atom is -0.296 e. The molecule has 0 spiro atoms. The lowest BCUT2D eigenvalue weighted by atomic mass is 9.86. The fraction of sp³-hybridized carbons (Fsp3) is 0.500. The summed E-state index contributed by atoms with van der Waals surface area (Å²) in [7, 11) is 0. The first-order chi connectivity index (χ1) is 6.82. The van der Waals surface area contributed by atoms with E-state index in [1.807, 2.05) is 0 Å². The molecule has 0 aromatic carbocycles. The van der Waals surface area contributed by atoms with E-state index in [4.69, 9.17) is 10.5 Å². The third kappa shape index (κ3) is 4.54. The van der Waals surface area contributed by atoms with Crippen molar-refractivity contribution in [1.29, 1.82) is 0 Å². The lowest BCUT2D eigenvalue weighted by Crippen LogP contribution is -2.21. The molecule has 0 aromatic heterocycles. The Kier molecular flexibility index (Phi) is 4.92. The van der Waals surface area contributed by atoms with E-state index in [9.17, 15) is 9.59 Å². The molecular weight excluding hydrogens is 208 g/mol. The van der Waals surface area contributed by atoms with Gasteiger partial charge in [-0.25, -0.2) is 14.8 Å². The summed E-state index contributed by atoms with van der Waals surface area (Å²) in [6.07, 6.45) is 0.737. The molecule has 0 heterocycles. The van der Waals surface area contributed by atoms with Crippen LogP contribution < -0.4 is 0 Å². The summed E-state index contributed by atoms with van der Waals surface area (Å²) in [6, 6.07) is 0. The molecule has 0 bridgehead atoms. The minimum absolute atomic E-state index is 0.129. The van der Waals surface area contributed by atoms with Crippen LogP contribution >= 0.6 is 0 Å². The number of carbonyl (C=O) groups is 2. The second-order valence-corrected chi connectivity index (χ2v) is 3.66. The largest absolute Gasteiger partial charge is 0.373 e. The molecular formula is C8H12O7. The van der Waals surface area contributed by atoms with Crippen molar-refractivity contribution >= 4 is 11.9 Å². The smallest absolute Gasteiger partial charge is 0.296 e. The number of hydrogen-bond acceptors (Lipinski definition) is 7. The van der Waals surface area contributed by atoms with Gasteiger partial charge in [0.2, 0.25) is 0 Å². The molecule has 0 aromatic rings. The Bertz CT molecular complexity index is 273. The van der Waals surface area contributed by atoms with Crippen LogP contribution in [0.15, 0.2) is 11.6 Å². The molecule has 15 heavy (non-hydrogen) atoms. The van der Waals surface area contributed by atoms with Gasteiger partial charge < -0.3 is 0 Å². The van der Waals surface area contributed by atoms with Gasteiger partial charge in [-0.05, 0) is 10.5 Å². The molecule has 0 amide bonds. The third-order valence-corrected chi connectivity index (χ3v) is 1.49. The summed E-state index contributed by atoms with van der Waals surface area (Å²) < 4.78 is 0. The van der Waals surface area contributed by atoms with Crippen LogP contribution in [0.5, 0.6) is 0 Å². The van der Waals surface area contributed by atoms with Gasteiger partial charge in [-0.15, -0.1) is 0 Å². The Balaban J connectivity index is 4.99. The number of hydrogen-bond donors (Lipinski definition) is 2. The average Bonchev–Trinajstić information content (AvgIpc) is 2.12. The maximum absolute atomic E-state index is 11.2. The lowest BCUT2D eigenvalue weighted by molar-refractivity contribution is -0.461. The molecule has 2 N–H and O–H groups in total. The van der Waals surface area contributed by atoms with Crippen LogP contribution in [0.1, 0.15) is 20.8 Å². The van der Waals surface area contributed by atoms with Crippen molar-refractivity contribution in [3.8, 4) is 0 Å². The Morgan fingerprint density at radius 2 is 1.73 bits per heavy atom. The van der Waals surface area contributed by atoms with Crippen molar-refractivity contribution in [1.82, 2.24) is 0 Å². The summed E-state index contributed by atoms with van der Waals surface area (Å²) in [5.74, 6) is -2.19. The molecule has 0 saturated heterocycles. The van der Waals surface area contributed by atoms with E-state index < -0.39 is 17.4 Å². The Labute approximate surface area is 85.6 Å². The first-order valence-corrected chi connectivity index (χ1v) is 3.93. The maximum atomic E-state index is 11.2. The highest BCUT2D eigenvalue weighted by molar-refractivity contribution is 5.96. The first-order valence-electron chi connectivity index (χ1n) is 3.93. The van der Waals surface area contributed by atoms with E-state index in [1.54, 1.807) is 20.8 Å². The SMILES string of the molecule is CC(C)(C)C(=CC(=O)OO)C(=O)OOO. The van der Waals surface area contributed by atoms with Crippen molar-refractivity contribution in [2.75, 3.05) is 0 Å². The zero-order chi connectivity index (χ0) is 12.1. The Hall–Kier alpha value is -1.44. The van der Waals surface area contributed by atoms with Crippen LogP contribution in [0.3, 0.4) is 0 Å². The molecule has 0 unspecified atom stereocenters. The predicted molar refractivity (Wildman–Crippen MR) is 46.1 cm³/mol. The van der Waals surface area contributed by atoms with Gasteiger partial charge in [0.25, 0.3) is 0 Å². The standard InChI is InChI=1S/C8H12O7/c1-8(2,3)5(4-6(9)13-11)7(10)14-15-12/h4,11-12H,1-3H3. The molecule has 7 heteroatoms. The van der Waals surface area contributed by atoms with E-state index in [2.05, 4.69) is 14.8 Å². The van der Waals surface area contributed by atoms with Crippen molar-refractivity contribution in [3.05, 3.63) is 11.6 Å². The van der Waals surface area contributed by atoms with Crippen LogP contribution in [0.2, 0.25) is 0 Å². The van der Waals surface area contributed by atoms with Crippen LogP contribution in [-0.4, -0.2) is 22.5 Å². The van der Waals surface area contributed by atoms with Gasteiger partial charge in [-0.3, -0.25) is 9.78 Å². The summed E-state index contributed by atoms with van der Waals surface area (Å²) in [5.41, 5.74) is -0.875. The maximum Gasteiger partial charge on any atom is 0.373 e. The molecule has 0 saturated carbocycles. The van der Waals surface area contributed by atoms with Crippen molar-refractivity contribution in [3.63, 3.8) is 0 Å². The van der Waals surface area contributed by atoms with Crippen molar-refractivity contribution in [2.24, 2.45) is 5.41 Å². The van der Waals surface area contributed by atoms with Gasteiger partial charge in [0.1, 0.15) is 0 Å². The first kappa shape index (κ1) is 13.6. The number of rotatable bonds is 3. The molecule has 0 fully saturated rings. The second-order valence-electron chi connectivity index (χ2n) is 3.66. The predicted octanol–water partition coefficient (Wildman–Crippen LogP) is 0.923. The quantitative estimate of drug-likeness (QED) is 0.414. The van der Waals surface area contributed by atoms with Crippen LogP contribution in [0.25, 0.3) is 0 Å². The van der Waals surface area contributed by atoms with Gasteiger partial charge in [-0.2, -0.15) is 5.26 Å². The van der Waals surface area contributed by atoms with Gasteiger partial charge >= 0.3 is 11.9 Å². The van der Waals surface area contributed by atoms with E-state index in [-0.39, 0.29) is 5.57 Å². The molecule has 0 aliphatic heterocycles. The fourth-order valence-corrected chi connectivity index (χ4v) is 0.805. The zero-order valence-corrected chi connectivity index (χ0v) is 8.51. The minimum atomic E-state index is -1.13. The van der Waals surface area contributed by atoms with Gasteiger partial charge in [0.05, 0.1) is 5.57 Å². The van der Waals surface area contributed by atoms with Crippen molar-refractivity contribution < 1.29 is 34.9 Å². The lowest BCUT2D eigenvalue weighted by Gasteiger charge is -2.19. The zero-order valence-electron chi connectivity index (χ0n) is 8.51. The molecule has 0 rings (SSSR count). The topological polar surface area (TPSA) is 102 Å². The Morgan fingerprint density at radius 3 is 2.07 bits per heavy atom. The van der Waals surface area contributed by atoms with E-state index in [1.165, 1.54) is 0 Å². The monoisotopic (exact) mass is 220 g/mol. The highest BCUT2D eigenvalue weighted by atomic mass is 17.5. The summed E-state index contributed by atoms with van der Waals surface area (Å²) >= 11 is 0. The summed E-state index contributed by atoms with van der Waals surface area (Å²) in [6.45, 7) is 4.84. The fourth-order valence-electron chi connectivity index (χ4n) is 0.805. The number of carbonyl (C=O) groups excluding carboxylic acids is 2. The van der Waals surface area contributed by atoms with E-state index >= 15 is 0 Å². The second kappa shape index (κ2) is 5.44. The molecule has 0 radical (unpaired) electrons. The molecule has 0 aliphatic rings.